The summed E-state index contributed by atoms with van der Waals surface area (Å²) in [6.07, 6.45) is 1.29. The third kappa shape index (κ3) is 2.89. The van der Waals surface area contributed by atoms with E-state index in [-0.39, 0.29) is 22.0 Å². The molecule has 2 N–H and O–H groups in total. The van der Waals surface area contributed by atoms with E-state index in [4.69, 9.17) is 25.9 Å². The number of hydrogen-bond acceptors (Lipinski definition) is 5. The number of methoxy groups -OCH3 is 1. The van der Waals surface area contributed by atoms with Gasteiger partial charge in [-0.15, -0.1) is 0 Å². The number of ether oxygens (including phenoxy) is 1. The first-order valence-corrected chi connectivity index (χ1v) is 7.13. The number of benzene rings is 2. The lowest BCUT2D eigenvalue weighted by Gasteiger charge is -2.11. The van der Waals surface area contributed by atoms with E-state index in [2.05, 4.69) is 10.3 Å². The van der Waals surface area contributed by atoms with Gasteiger partial charge in [-0.05, 0) is 24.3 Å². The number of amides is 1. The molecule has 1 heterocycles. The van der Waals surface area contributed by atoms with E-state index in [0.717, 1.165) is 0 Å². The van der Waals surface area contributed by atoms with Crippen molar-refractivity contribution in [2.75, 3.05) is 12.4 Å². The van der Waals surface area contributed by atoms with Gasteiger partial charge in [-0.2, -0.15) is 0 Å². The van der Waals surface area contributed by atoms with Crippen LogP contribution >= 0.6 is 11.6 Å². The van der Waals surface area contributed by atoms with Gasteiger partial charge in [0.05, 0.1) is 17.8 Å². The number of carboxylic acid groups (broad SMARTS) is 1. The van der Waals surface area contributed by atoms with Gasteiger partial charge in [0.15, 0.2) is 12.0 Å². The largest absolute Gasteiger partial charge is 0.496 e. The van der Waals surface area contributed by atoms with Crippen molar-refractivity contribution in [3.8, 4) is 5.75 Å². The summed E-state index contributed by atoms with van der Waals surface area (Å²) in [6.45, 7) is 0. The first-order valence-electron chi connectivity index (χ1n) is 6.75. The molecule has 0 aliphatic rings. The van der Waals surface area contributed by atoms with Crippen LogP contribution in [0.3, 0.4) is 0 Å². The molecule has 0 spiro atoms. The molecule has 122 valence electrons. The smallest absolute Gasteiger partial charge is 0.339 e. The lowest BCUT2D eigenvalue weighted by Crippen LogP contribution is -2.13. The number of nitrogens with zero attached hydrogens (tertiary/aromatic N) is 1. The Balaban J connectivity index is 1.92. The number of nitrogens with one attached hydrogen (secondary N) is 1. The molecule has 3 rings (SSSR count). The SMILES string of the molecule is COc1cc(NC(=O)c2ccc3ocnc3c2)c(Cl)cc1C(=O)O. The van der Waals surface area contributed by atoms with E-state index in [1.54, 1.807) is 18.2 Å². The van der Waals surface area contributed by atoms with Crippen molar-refractivity contribution in [1.82, 2.24) is 4.98 Å². The third-order valence-electron chi connectivity index (χ3n) is 3.36. The number of carboxylic acids is 1. The summed E-state index contributed by atoms with van der Waals surface area (Å²) in [7, 11) is 1.33. The maximum absolute atomic E-state index is 12.4. The van der Waals surface area contributed by atoms with E-state index in [9.17, 15) is 9.59 Å². The van der Waals surface area contributed by atoms with E-state index in [0.29, 0.717) is 16.7 Å². The number of halogens is 1. The van der Waals surface area contributed by atoms with Crippen LogP contribution in [0.4, 0.5) is 5.69 Å². The van der Waals surface area contributed by atoms with Gasteiger partial charge in [-0.25, -0.2) is 9.78 Å². The maximum Gasteiger partial charge on any atom is 0.339 e. The summed E-state index contributed by atoms with van der Waals surface area (Å²) in [5, 5.41) is 11.8. The fourth-order valence-electron chi connectivity index (χ4n) is 2.18. The Morgan fingerprint density at radius 1 is 1.29 bits per heavy atom. The van der Waals surface area contributed by atoms with Gasteiger partial charge >= 0.3 is 5.97 Å². The van der Waals surface area contributed by atoms with E-state index < -0.39 is 11.9 Å². The molecular formula is C16H11ClN2O5. The summed E-state index contributed by atoms with van der Waals surface area (Å²) in [4.78, 5) is 27.5. The quantitative estimate of drug-likeness (QED) is 0.750. The summed E-state index contributed by atoms with van der Waals surface area (Å²) in [5.41, 5.74) is 1.62. The van der Waals surface area contributed by atoms with E-state index in [1.807, 2.05) is 0 Å². The molecule has 0 saturated carbocycles. The van der Waals surface area contributed by atoms with Crippen molar-refractivity contribution < 1.29 is 23.8 Å². The molecule has 0 fully saturated rings. The van der Waals surface area contributed by atoms with E-state index in [1.165, 1.54) is 25.6 Å². The first-order chi connectivity index (χ1) is 11.5. The van der Waals surface area contributed by atoms with Crippen molar-refractivity contribution in [3.05, 3.63) is 52.9 Å². The third-order valence-corrected chi connectivity index (χ3v) is 3.67. The van der Waals surface area contributed by atoms with Crippen LogP contribution in [-0.4, -0.2) is 29.1 Å². The number of oxazole rings is 1. The molecule has 0 radical (unpaired) electrons. The summed E-state index contributed by atoms with van der Waals surface area (Å²) in [5.74, 6) is -1.51. The molecule has 0 unspecified atom stereocenters. The van der Waals surface area contributed by atoms with Gasteiger partial charge in [0, 0.05) is 11.6 Å². The topological polar surface area (TPSA) is 102 Å². The summed E-state index contributed by atoms with van der Waals surface area (Å²) >= 11 is 6.05. The van der Waals surface area contributed by atoms with Crippen LogP contribution in [-0.2, 0) is 0 Å². The number of hydrogen-bond donors (Lipinski definition) is 2. The Kier molecular flexibility index (Phi) is 4.09. The minimum atomic E-state index is -1.18. The standard InChI is InChI=1S/C16H11ClN2O5/c1-23-14-6-11(10(17)5-9(14)16(21)22)19-15(20)8-2-3-13-12(4-8)18-7-24-13/h2-7H,1H3,(H,19,20)(H,21,22). The van der Waals surface area contributed by atoms with Crippen LogP contribution in [0.5, 0.6) is 5.75 Å². The number of aromatic nitrogens is 1. The van der Waals surface area contributed by atoms with Crippen LogP contribution < -0.4 is 10.1 Å². The molecule has 7 nitrogen and oxygen atoms in total. The molecule has 0 saturated heterocycles. The van der Waals surface area contributed by atoms with Crippen LogP contribution in [0.25, 0.3) is 11.1 Å². The number of rotatable bonds is 4. The number of fused-ring (bicyclic) bond motifs is 1. The second-order valence-electron chi connectivity index (χ2n) is 4.83. The maximum atomic E-state index is 12.4. The predicted molar refractivity (Wildman–Crippen MR) is 86.9 cm³/mol. The predicted octanol–water partition coefficient (Wildman–Crippen LogP) is 3.44. The second kappa shape index (κ2) is 6.21. The Hall–Kier alpha value is -3.06. The average Bonchev–Trinajstić information content (AvgIpc) is 3.03. The van der Waals surface area contributed by atoms with Crippen molar-refractivity contribution in [2.24, 2.45) is 0 Å². The van der Waals surface area contributed by atoms with Crippen LogP contribution in [0.1, 0.15) is 20.7 Å². The molecule has 1 aromatic heterocycles. The zero-order chi connectivity index (χ0) is 17.3. The Labute approximate surface area is 140 Å². The normalized spacial score (nSPS) is 10.6. The van der Waals surface area contributed by atoms with Gasteiger partial charge in [0.2, 0.25) is 0 Å². The number of carbonyl (C=O) groups is 2. The van der Waals surface area contributed by atoms with Gasteiger partial charge < -0.3 is 19.6 Å². The van der Waals surface area contributed by atoms with Crippen molar-refractivity contribution in [3.63, 3.8) is 0 Å². The van der Waals surface area contributed by atoms with Crippen molar-refractivity contribution in [2.45, 2.75) is 0 Å². The monoisotopic (exact) mass is 346 g/mol. The molecule has 0 aliphatic carbocycles. The average molecular weight is 347 g/mol. The van der Waals surface area contributed by atoms with Gasteiger partial charge in [0.1, 0.15) is 16.8 Å². The zero-order valence-corrected chi connectivity index (χ0v) is 13.1. The van der Waals surface area contributed by atoms with Gasteiger partial charge in [-0.3, -0.25) is 4.79 Å². The zero-order valence-electron chi connectivity index (χ0n) is 12.4. The molecule has 2 aromatic carbocycles. The molecule has 3 aromatic rings. The Bertz CT molecular complexity index is 951. The summed E-state index contributed by atoms with van der Waals surface area (Å²) in [6, 6.07) is 7.37. The number of anilines is 1. The minimum absolute atomic E-state index is 0.0871. The Morgan fingerprint density at radius 2 is 2.08 bits per heavy atom. The number of carbonyl (C=O) groups excluding carboxylic acids is 1. The lowest BCUT2D eigenvalue weighted by molar-refractivity contribution is 0.0693. The fourth-order valence-corrected chi connectivity index (χ4v) is 2.39. The highest BCUT2D eigenvalue weighted by molar-refractivity contribution is 6.34. The molecule has 24 heavy (non-hydrogen) atoms. The highest BCUT2D eigenvalue weighted by Crippen LogP contribution is 2.31. The van der Waals surface area contributed by atoms with Crippen LogP contribution in [0.15, 0.2) is 41.1 Å². The highest BCUT2D eigenvalue weighted by Gasteiger charge is 2.17. The molecular weight excluding hydrogens is 336 g/mol. The highest BCUT2D eigenvalue weighted by atomic mass is 35.5. The molecule has 0 aliphatic heterocycles. The minimum Gasteiger partial charge on any atom is -0.496 e. The fraction of sp³-hybridized carbons (Fsp3) is 0.0625. The van der Waals surface area contributed by atoms with Gasteiger partial charge in [0.25, 0.3) is 5.91 Å². The Morgan fingerprint density at radius 3 is 2.79 bits per heavy atom. The van der Waals surface area contributed by atoms with E-state index >= 15 is 0 Å². The van der Waals surface area contributed by atoms with Crippen LogP contribution in [0, 0.1) is 0 Å². The summed E-state index contributed by atoms with van der Waals surface area (Å²) < 4.78 is 10.1. The van der Waals surface area contributed by atoms with Crippen molar-refractivity contribution in [1.29, 1.82) is 0 Å². The lowest BCUT2D eigenvalue weighted by atomic mass is 10.1. The molecule has 1 amide bonds. The number of aromatic carboxylic acids is 1. The first kappa shape index (κ1) is 15.8. The molecule has 8 heteroatoms. The molecule has 0 bridgehead atoms. The molecule has 0 atom stereocenters. The van der Waals surface area contributed by atoms with Gasteiger partial charge in [-0.1, -0.05) is 11.6 Å². The van der Waals surface area contributed by atoms with Crippen molar-refractivity contribution >= 4 is 40.3 Å². The van der Waals surface area contributed by atoms with Crippen LogP contribution in [0.2, 0.25) is 5.02 Å². The second-order valence-corrected chi connectivity index (χ2v) is 5.23.